The van der Waals surface area contributed by atoms with Gasteiger partial charge in [-0.1, -0.05) is 23.4 Å². The number of nitrogens with two attached hydrogens (primary N) is 1. The number of hydrogen-bond acceptors (Lipinski definition) is 3. The zero-order chi connectivity index (χ0) is 16.5. The summed E-state index contributed by atoms with van der Waals surface area (Å²) in [4.78, 5) is 11.0. The van der Waals surface area contributed by atoms with Gasteiger partial charge in [0.05, 0.1) is 16.1 Å². The molecule has 0 atom stereocenters. The second-order valence-electron chi connectivity index (χ2n) is 4.31. The lowest BCUT2D eigenvalue weighted by atomic mass is 10.2. The molecule has 3 nitrogen and oxygen atoms in total. The van der Waals surface area contributed by atoms with Gasteiger partial charge in [0.1, 0.15) is 0 Å². The van der Waals surface area contributed by atoms with Gasteiger partial charge in [-0.2, -0.15) is 13.2 Å². The lowest BCUT2D eigenvalue weighted by Crippen LogP contribution is -2.08. The van der Waals surface area contributed by atoms with Gasteiger partial charge < -0.3 is 10.8 Å². The minimum absolute atomic E-state index is 0.0452. The SMILES string of the molecule is Nc1cc(Cl)c(Sc2ccc(C(=O)O)cc2)c(C(F)(F)F)c1. The minimum atomic E-state index is -4.59. The highest BCUT2D eigenvalue weighted by Crippen LogP contribution is 2.44. The highest BCUT2D eigenvalue weighted by Gasteiger charge is 2.35. The molecule has 3 N–H and O–H groups in total. The largest absolute Gasteiger partial charge is 0.478 e. The average Bonchev–Trinajstić information content (AvgIpc) is 2.41. The zero-order valence-corrected chi connectivity index (χ0v) is 12.4. The normalized spacial score (nSPS) is 11.5. The van der Waals surface area contributed by atoms with Gasteiger partial charge in [-0.3, -0.25) is 0 Å². The number of carboxylic acids is 1. The van der Waals surface area contributed by atoms with Crippen LogP contribution in [0.3, 0.4) is 0 Å². The van der Waals surface area contributed by atoms with E-state index in [1.54, 1.807) is 0 Å². The molecular formula is C14H9ClF3NO2S. The van der Waals surface area contributed by atoms with Gasteiger partial charge in [-0.25, -0.2) is 4.79 Å². The van der Waals surface area contributed by atoms with Crippen molar-refractivity contribution in [1.82, 2.24) is 0 Å². The summed E-state index contributed by atoms with van der Waals surface area (Å²) in [6.45, 7) is 0. The molecule has 0 amide bonds. The molecule has 0 aliphatic heterocycles. The summed E-state index contributed by atoms with van der Waals surface area (Å²) in [6.07, 6.45) is -4.59. The number of carboxylic acid groups (broad SMARTS) is 1. The van der Waals surface area contributed by atoms with Gasteiger partial charge in [-0.05, 0) is 36.4 Å². The molecule has 0 aliphatic carbocycles. The third kappa shape index (κ3) is 3.66. The fourth-order valence-corrected chi connectivity index (χ4v) is 3.00. The summed E-state index contributed by atoms with van der Waals surface area (Å²) in [6, 6.07) is 7.51. The Labute approximate surface area is 132 Å². The Hall–Kier alpha value is -1.86. The molecule has 0 fully saturated rings. The highest BCUT2D eigenvalue weighted by molar-refractivity contribution is 7.99. The Kier molecular flexibility index (Phi) is 4.58. The molecule has 0 radical (unpaired) electrons. The molecular weight excluding hydrogens is 339 g/mol. The van der Waals surface area contributed by atoms with E-state index in [0.29, 0.717) is 4.90 Å². The first kappa shape index (κ1) is 16.5. The Morgan fingerprint density at radius 2 is 1.77 bits per heavy atom. The van der Waals surface area contributed by atoms with Crippen LogP contribution in [-0.4, -0.2) is 11.1 Å². The quantitative estimate of drug-likeness (QED) is 0.783. The van der Waals surface area contributed by atoms with Crippen molar-refractivity contribution in [2.24, 2.45) is 0 Å². The van der Waals surface area contributed by atoms with Crippen LogP contribution in [0.5, 0.6) is 0 Å². The van der Waals surface area contributed by atoms with Crippen LogP contribution in [0.2, 0.25) is 5.02 Å². The standard InChI is InChI=1S/C14H9ClF3NO2S/c15-11-6-8(19)5-10(14(16,17)18)12(11)22-9-3-1-7(2-4-9)13(20)21/h1-6H,19H2,(H,20,21). The fourth-order valence-electron chi connectivity index (χ4n) is 1.71. The lowest BCUT2D eigenvalue weighted by molar-refractivity contribution is -0.139. The Bertz CT molecular complexity index is 717. The van der Waals surface area contributed by atoms with Gasteiger partial charge in [0.2, 0.25) is 0 Å². The first-order valence-electron chi connectivity index (χ1n) is 5.86. The van der Waals surface area contributed by atoms with E-state index >= 15 is 0 Å². The molecule has 0 heterocycles. The molecule has 116 valence electrons. The predicted octanol–water partition coefficient (Wildman–Crippen LogP) is 4.79. The average molecular weight is 348 g/mol. The summed E-state index contributed by atoms with van der Waals surface area (Å²) in [5.41, 5.74) is 4.45. The van der Waals surface area contributed by atoms with E-state index in [4.69, 9.17) is 22.4 Å². The van der Waals surface area contributed by atoms with E-state index in [0.717, 1.165) is 17.8 Å². The van der Waals surface area contributed by atoms with Crippen LogP contribution in [-0.2, 0) is 6.18 Å². The third-order valence-electron chi connectivity index (χ3n) is 2.69. The number of rotatable bonds is 3. The molecule has 0 aromatic heterocycles. The highest BCUT2D eigenvalue weighted by atomic mass is 35.5. The molecule has 0 spiro atoms. The van der Waals surface area contributed by atoms with Crippen LogP contribution in [0.15, 0.2) is 46.2 Å². The van der Waals surface area contributed by atoms with E-state index in [-0.39, 0.29) is 21.2 Å². The summed E-state index contributed by atoms with van der Waals surface area (Å²) in [7, 11) is 0. The van der Waals surface area contributed by atoms with Gasteiger partial charge in [0.25, 0.3) is 0 Å². The first-order valence-corrected chi connectivity index (χ1v) is 7.05. The van der Waals surface area contributed by atoms with Crippen molar-refractivity contribution in [3.63, 3.8) is 0 Å². The number of hydrogen-bond donors (Lipinski definition) is 2. The van der Waals surface area contributed by atoms with Gasteiger partial charge >= 0.3 is 12.1 Å². The van der Waals surface area contributed by atoms with Crippen LogP contribution < -0.4 is 5.73 Å². The van der Waals surface area contributed by atoms with E-state index in [1.165, 1.54) is 30.3 Å². The van der Waals surface area contributed by atoms with Crippen molar-refractivity contribution in [3.8, 4) is 0 Å². The van der Waals surface area contributed by atoms with Crippen LogP contribution in [0.4, 0.5) is 18.9 Å². The van der Waals surface area contributed by atoms with Crippen molar-refractivity contribution >= 4 is 35.0 Å². The summed E-state index contributed by atoms with van der Waals surface area (Å²) < 4.78 is 39.2. The maximum atomic E-state index is 13.1. The van der Waals surface area contributed by atoms with Gasteiger partial charge in [0, 0.05) is 15.5 Å². The number of halogens is 4. The number of carbonyl (C=O) groups is 1. The van der Waals surface area contributed by atoms with Gasteiger partial charge in [0.15, 0.2) is 0 Å². The number of alkyl halides is 3. The maximum absolute atomic E-state index is 13.1. The molecule has 0 saturated carbocycles. The summed E-state index contributed by atoms with van der Waals surface area (Å²) in [5.74, 6) is -1.11. The third-order valence-corrected chi connectivity index (χ3v) is 4.25. The van der Waals surface area contributed by atoms with Crippen molar-refractivity contribution in [1.29, 1.82) is 0 Å². The second-order valence-corrected chi connectivity index (χ2v) is 5.80. The smallest absolute Gasteiger partial charge is 0.417 e. The van der Waals surface area contributed by atoms with E-state index in [2.05, 4.69) is 0 Å². The lowest BCUT2D eigenvalue weighted by Gasteiger charge is -2.15. The number of anilines is 1. The first-order chi connectivity index (χ1) is 10.2. The Morgan fingerprint density at radius 3 is 2.27 bits per heavy atom. The predicted molar refractivity (Wildman–Crippen MR) is 78.4 cm³/mol. The second kappa shape index (κ2) is 6.10. The van der Waals surface area contributed by atoms with Crippen molar-refractivity contribution in [3.05, 3.63) is 52.5 Å². The van der Waals surface area contributed by atoms with Gasteiger partial charge in [-0.15, -0.1) is 0 Å². The maximum Gasteiger partial charge on any atom is 0.417 e. The van der Waals surface area contributed by atoms with Crippen molar-refractivity contribution in [2.45, 2.75) is 16.0 Å². The number of nitrogen functional groups attached to an aromatic ring is 1. The Balaban J connectivity index is 2.42. The van der Waals surface area contributed by atoms with Crippen LogP contribution in [0.25, 0.3) is 0 Å². The molecule has 0 unspecified atom stereocenters. The minimum Gasteiger partial charge on any atom is -0.478 e. The Morgan fingerprint density at radius 1 is 1.18 bits per heavy atom. The molecule has 2 aromatic rings. The fraction of sp³-hybridized carbons (Fsp3) is 0.0714. The number of aromatic carboxylic acids is 1. The van der Waals surface area contributed by atoms with E-state index in [9.17, 15) is 18.0 Å². The zero-order valence-electron chi connectivity index (χ0n) is 10.8. The molecule has 8 heteroatoms. The summed E-state index contributed by atoms with van der Waals surface area (Å²) >= 11 is 6.67. The monoisotopic (exact) mass is 347 g/mol. The van der Waals surface area contributed by atoms with E-state index < -0.39 is 17.7 Å². The molecule has 0 aliphatic rings. The topological polar surface area (TPSA) is 63.3 Å². The summed E-state index contributed by atoms with van der Waals surface area (Å²) in [5, 5.41) is 8.69. The van der Waals surface area contributed by atoms with Crippen LogP contribution in [0, 0.1) is 0 Å². The molecule has 0 saturated heterocycles. The van der Waals surface area contributed by atoms with Crippen molar-refractivity contribution in [2.75, 3.05) is 5.73 Å². The van der Waals surface area contributed by atoms with Crippen LogP contribution in [0.1, 0.15) is 15.9 Å². The molecule has 22 heavy (non-hydrogen) atoms. The number of benzene rings is 2. The molecule has 2 aromatic carbocycles. The molecule has 0 bridgehead atoms. The van der Waals surface area contributed by atoms with Crippen LogP contribution >= 0.6 is 23.4 Å². The van der Waals surface area contributed by atoms with E-state index in [1.807, 2.05) is 0 Å². The van der Waals surface area contributed by atoms with Crippen molar-refractivity contribution < 1.29 is 23.1 Å². The molecule has 2 rings (SSSR count).